The van der Waals surface area contributed by atoms with Crippen molar-refractivity contribution in [3.05, 3.63) is 47.5 Å². The second-order valence-electron chi connectivity index (χ2n) is 6.75. The summed E-state index contributed by atoms with van der Waals surface area (Å²) in [6.07, 6.45) is 0.726. The summed E-state index contributed by atoms with van der Waals surface area (Å²) in [5, 5.41) is 7.91. The monoisotopic (exact) mass is 421 g/mol. The Morgan fingerprint density at radius 3 is 2.41 bits per heavy atom. The molecule has 2 rings (SSSR count). The minimum absolute atomic E-state index is 0.00268. The van der Waals surface area contributed by atoms with Gasteiger partial charge in [-0.05, 0) is 55.8 Å². The third-order valence-corrected chi connectivity index (χ3v) is 5.47. The molecule has 1 amide bonds. The first-order valence-electron chi connectivity index (χ1n) is 8.96. The van der Waals surface area contributed by atoms with Crippen LogP contribution in [0.15, 0.2) is 41.3 Å². The molecule has 2 aromatic rings. The van der Waals surface area contributed by atoms with Gasteiger partial charge in [-0.1, -0.05) is 12.1 Å². The largest absolute Gasteiger partial charge is 0.493 e. The Kier molecular flexibility index (Phi) is 7.60. The van der Waals surface area contributed by atoms with Crippen LogP contribution in [0.4, 0.5) is 5.69 Å². The Labute approximate surface area is 171 Å². The van der Waals surface area contributed by atoms with Crippen LogP contribution in [-0.2, 0) is 21.2 Å². The van der Waals surface area contributed by atoms with Crippen LogP contribution in [0.3, 0.4) is 0 Å². The van der Waals surface area contributed by atoms with E-state index in [0.29, 0.717) is 29.3 Å². The number of hydrogen-bond acceptors (Lipinski definition) is 6. The van der Waals surface area contributed by atoms with Crippen LogP contribution in [0, 0.1) is 6.92 Å². The smallest absolute Gasteiger partial charge is 0.238 e. The van der Waals surface area contributed by atoms with Gasteiger partial charge in [-0.15, -0.1) is 0 Å². The summed E-state index contributed by atoms with van der Waals surface area (Å²) in [5.74, 6) is 1.08. The summed E-state index contributed by atoms with van der Waals surface area (Å²) in [4.78, 5) is 14.2. The minimum atomic E-state index is -3.85. The van der Waals surface area contributed by atoms with Crippen LogP contribution in [0.1, 0.15) is 11.1 Å². The van der Waals surface area contributed by atoms with Crippen molar-refractivity contribution in [2.24, 2.45) is 5.14 Å². The van der Waals surface area contributed by atoms with Crippen LogP contribution in [0.5, 0.6) is 11.5 Å². The van der Waals surface area contributed by atoms with Gasteiger partial charge in [-0.2, -0.15) is 0 Å². The van der Waals surface area contributed by atoms with Crippen molar-refractivity contribution in [1.82, 2.24) is 4.90 Å². The van der Waals surface area contributed by atoms with E-state index in [0.717, 1.165) is 12.0 Å². The molecule has 2 aromatic carbocycles. The van der Waals surface area contributed by atoms with Gasteiger partial charge >= 0.3 is 0 Å². The summed E-state index contributed by atoms with van der Waals surface area (Å²) in [7, 11) is 1.17. The minimum Gasteiger partial charge on any atom is -0.493 e. The number of nitrogens with two attached hydrogens (primary N) is 1. The molecular weight excluding hydrogens is 394 g/mol. The van der Waals surface area contributed by atoms with Gasteiger partial charge < -0.3 is 14.8 Å². The zero-order chi connectivity index (χ0) is 21.6. The fraction of sp³-hybridized carbons (Fsp3) is 0.350. The van der Waals surface area contributed by atoms with Gasteiger partial charge in [0.15, 0.2) is 11.5 Å². The number of rotatable bonds is 9. The average Bonchev–Trinajstić information content (AvgIpc) is 2.66. The molecule has 0 saturated carbocycles. The number of hydrogen-bond donors (Lipinski definition) is 2. The van der Waals surface area contributed by atoms with Gasteiger partial charge in [0.2, 0.25) is 15.9 Å². The lowest BCUT2D eigenvalue weighted by atomic mass is 10.1. The highest BCUT2D eigenvalue weighted by Gasteiger charge is 2.14. The van der Waals surface area contributed by atoms with Crippen LogP contribution in [0.2, 0.25) is 0 Å². The van der Waals surface area contributed by atoms with Gasteiger partial charge in [0.05, 0.1) is 25.7 Å². The van der Waals surface area contributed by atoms with Crippen molar-refractivity contribution in [1.29, 1.82) is 0 Å². The summed E-state index contributed by atoms with van der Waals surface area (Å²) in [6.45, 7) is 2.46. The van der Waals surface area contributed by atoms with Crippen LogP contribution in [0.25, 0.3) is 0 Å². The second-order valence-corrected chi connectivity index (χ2v) is 8.28. The number of anilines is 1. The van der Waals surface area contributed by atoms with Crippen LogP contribution in [-0.4, -0.2) is 53.6 Å². The van der Waals surface area contributed by atoms with E-state index in [2.05, 4.69) is 5.32 Å². The predicted molar refractivity (Wildman–Crippen MR) is 112 cm³/mol. The van der Waals surface area contributed by atoms with Crippen molar-refractivity contribution >= 4 is 21.6 Å². The molecule has 158 valence electrons. The highest BCUT2D eigenvalue weighted by Crippen LogP contribution is 2.27. The number of sulfonamides is 1. The van der Waals surface area contributed by atoms with Crippen molar-refractivity contribution in [2.75, 3.05) is 39.7 Å². The molecule has 9 heteroatoms. The molecule has 0 unspecified atom stereocenters. The molecule has 0 spiro atoms. The lowest BCUT2D eigenvalue weighted by Crippen LogP contribution is -2.31. The van der Waals surface area contributed by atoms with E-state index in [9.17, 15) is 13.2 Å². The van der Waals surface area contributed by atoms with E-state index in [1.807, 2.05) is 30.1 Å². The Hall–Kier alpha value is -2.62. The zero-order valence-electron chi connectivity index (χ0n) is 17.1. The van der Waals surface area contributed by atoms with Crippen LogP contribution < -0.4 is 19.9 Å². The highest BCUT2D eigenvalue weighted by atomic mass is 32.2. The molecule has 0 saturated heterocycles. The lowest BCUT2D eigenvalue weighted by molar-refractivity contribution is -0.117. The molecule has 0 aliphatic heterocycles. The molecule has 0 atom stereocenters. The van der Waals surface area contributed by atoms with Crippen molar-refractivity contribution in [2.45, 2.75) is 18.2 Å². The molecule has 3 N–H and O–H groups in total. The molecule has 8 nitrogen and oxygen atoms in total. The maximum atomic E-state index is 12.3. The third-order valence-electron chi connectivity index (χ3n) is 4.42. The fourth-order valence-electron chi connectivity index (χ4n) is 2.87. The Balaban J connectivity index is 1.93. The van der Waals surface area contributed by atoms with E-state index < -0.39 is 10.0 Å². The van der Waals surface area contributed by atoms with Crippen LogP contribution >= 0.6 is 0 Å². The van der Waals surface area contributed by atoms with E-state index in [-0.39, 0.29) is 17.3 Å². The number of carbonyl (C=O) groups is 1. The quantitative estimate of drug-likeness (QED) is 0.638. The molecule has 0 aliphatic rings. The normalized spacial score (nSPS) is 11.4. The second kappa shape index (κ2) is 9.73. The highest BCUT2D eigenvalue weighted by molar-refractivity contribution is 7.89. The molecule has 29 heavy (non-hydrogen) atoms. The first-order chi connectivity index (χ1) is 13.6. The molecule has 0 fully saturated rings. The average molecular weight is 422 g/mol. The van der Waals surface area contributed by atoms with E-state index >= 15 is 0 Å². The number of aryl methyl sites for hydroxylation is 1. The topological polar surface area (TPSA) is 111 Å². The van der Waals surface area contributed by atoms with Gasteiger partial charge in [-0.25, -0.2) is 13.6 Å². The number of ether oxygens (including phenoxy) is 2. The maximum absolute atomic E-state index is 12.3. The molecule has 0 aromatic heterocycles. The molecule has 0 heterocycles. The van der Waals surface area contributed by atoms with E-state index in [1.54, 1.807) is 33.3 Å². The SMILES string of the molecule is COc1ccc(CCN(C)CC(=O)Nc2ccc(C)c(S(N)(=O)=O)c2)cc1OC. The number of carbonyl (C=O) groups excluding carboxylic acids is 1. The van der Waals surface area contributed by atoms with Crippen molar-refractivity contribution < 1.29 is 22.7 Å². The molecule has 0 radical (unpaired) electrons. The predicted octanol–water partition coefficient (Wildman–Crippen LogP) is 1.77. The number of nitrogens with zero attached hydrogens (tertiary/aromatic N) is 1. The number of nitrogens with one attached hydrogen (secondary N) is 1. The number of benzene rings is 2. The summed E-state index contributed by atoms with van der Waals surface area (Å²) < 4.78 is 33.8. The zero-order valence-corrected chi connectivity index (χ0v) is 17.9. The number of primary sulfonamides is 1. The van der Waals surface area contributed by atoms with Gasteiger partial charge in [0, 0.05) is 12.2 Å². The van der Waals surface area contributed by atoms with Gasteiger partial charge in [0.25, 0.3) is 0 Å². The Bertz CT molecular complexity index is 976. The van der Waals surface area contributed by atoms with E-state index in [4.69, 9.17) is 14.6 Å². The molecule has 0 aliphatic carbocycles. The van der Waals surface area contributed by atoms with Gasteiger partial charge in [-0.3, -0.25) is 9.69 Å². The maximum Gasteiger partial charge on any atom is 0.238 e. The standard InChI is InChI=1S/C20H27N3O5S/c1-14-5-7-16(12-19(14)29(21,25)26)22-20(24)13-23(2)10-9-15-6-8-17(27-3)18(11-15)28-4/h5-8,11-12H,9-10,13H2,1-4H3,(H,22,24)(H2,21,25,26). The fourth-order valence-corrected chi connectivity index (χ4v) is 3.67. The van der Waals surface area contributed by atoms with Crippen molar-refractivity contribution in [3.63, 3.8) is 0 Å². The molecular formula is C20H27N3O5S. The number of amides is 1. The van der Waals surface area contributed by atoms with Gasteiger partial charge in [0.1, 0.15) is 0 Å². The van der Waals surface area contributed by atoms with Crippen molar-refractivity contribution in [3.8, 4) is 11.5 Å². The Morgan fingerprint density at radius 1 is 1.10 bits per heavy atom. The Morgan fingerprint density at radius 2 is 1.79 bits per heavy atom. The lowest BCUT2D eigenvalue weighted by Gasteiger charge is -2.17. The summed E-state index contributed by atoms with van der Waals surface area (Å²) in [6, 6.07) is 10.3. The number of likely N-dealkylation sites (N-methyl/N-ethyl adjacent to an activating group) is 1. The van der Waals surface area contributed by atoms with E-state index in [1.165, 1.54) is 6.07 Å². The third kappa shape index (κ3) is 6.45. The first kappa shape index (κ1) is 22.7. The summed E-state index contributed by atoms with van der Waals surface area (Å²) in [5.41, 5.74) is 1.97. The molecule has 0 bridgehead atoms. The summed E-state index contributed by atoms with van der Waals surface area (Å²) >= 11 is 0. The number of methoxy groups -OCH3 is 2. The first-order valence-corrected chi connectivity index (χ1v) is 10.5.